The zero-order chi connectivity index (χ0) is 20.1. The standard InChI is InChI=1S/C12H15ClN2O2.C5H9NO.C3H8/c1-14-10-6-11(10)15-12(16)7-17-9-4-2-8(13)3-5-9;7-4-5-2-1-3-6-5;1-3-2/h2-5,10-11,14H,6-7H2,1H3,(H,15,16);4-6H,1-3H2;3H2,1-2H3. The summed E-state index contributed by atoms with van der Waals surface area (Å²) in [7, 11) is 1.89. The highest BCUT2D eigenvalue weighted by Crippen LogP contribution is 2.20. The number of likely N-dealkylation sites (N-methyl/N-ethyl adjacent to an activating group) is 1. The number of nitrogens with one attached hydrogen (secondary N) is 3. The van der Waals surface area contributed by atoms with E-state index >= 15 is 0 Å². The fourth-order valence-electron chi connectivity index (χ4n) is 2.43. The molecule has 1 aliphatic carbocycles. The van der Waals surface area contributed by atoms with Crippen LogP contribution in [-0.4, -0.2) is 50.5 Å². The number of benzene rings is 1. The highest BCUT2D eigenvalue weighted by Gasteiger charge is 2.36. The summed E-state index contributed by atoms with van der Waals surface area (Å²) in [5.74, 6) is 0.549. The van der Waals surface area contributed by atoms with E-state index in [2.05, 4.69) is 29.8 Å². The van der Waals surface area contributed by atoms with Crippen molar-refractivity contribution in [2.75, 3.05) is 20.2 Å². The molecule has 0 aromatic heterocycles. The smallest absolute Gasteiger partial charge is 0.258 e. The van der Waals surface area contributed by atoms with Crippen LogP contribution in [0.5, 0.6) is 5.75 Å². The molecule has 6 nitrogen and oxygen atoms in total. The first-order valence-electron chi connectivity index (χ1n) is 9.57. The van der Waals surface area contributed by atoms with Crippen LogP contribution in [0.1, 0.15) is 39.5 Å². The molecule has 0 spiro atoms. The molecule has 2 fully saturated rings. The molecule has 152 valence electrons. The van der Waals surface area contributed by atoms with Crippen LogP contribution < -0.4 is 20.7 Å². The van der Waals surface area contributed by atoms with Gasteiger partial charge in [0.25, 0.3) is 5.91 Å². The minimum atomic E-state index is -0.0947. The fraction of sp³-hybridized carbons (Fsp3) is 0.600. The van der Waals surface area contributed by atoms with Crippen LogP contribution in [0.4, 0.5) is 0 Å². The van der Waals surface area contributed by atoms with Gasteiger partial charge >= 0.3 is 0 Å². The maximum absolute atomic E-state index is 11.5. The molecule has 0 radical (unpaired) electrons. The summed E-state index contributed by atoms with van der Waals surface area (Å²) < 4.78 is 5.33. The van der Waals surface area contributed by atoms with Crippen LogP contribution >= 0.6 is 11.6 Å². The van der Waals surface area contributed by atoms with Crippen molar-refractivity contribution >= 4 is 23.8 Å². The molecule has 1 aromatic rings. The highest BCUT2D eigenvalue weighted by atomic mass is 35.5. The first kappa shape index (κ1) is 23.4. The largest absolute Gasteiger partial charge is 0.484 e. The molecule has 1 saturated heterocycles. The Morgan fingerprint density at radius 2 is 1.96 bits per heavy atom. The molecule has 1 aliphatic heterocycles. The summed E-state index contributed by atoms with van der Waals surface area (Å²) in [4.78, 5) is 21.4. The predicted octanol–water partition coefficient (Wildman–Crippen LogP) is 2.55. The molecule has 3 unspecified atom stereocenters. The summed E-state index contributed by atoms with van der Waals surface area (Å²) in [5, 5.41) is 9.68. The number of hydrogen-bond acceptors (Lipinski definition) is 5. The topological polar surface area (TPSA) is 79.5 Å². The van der Waals surface area contributed by atoms with E-state index in [4.69, 9.17) is 16.3 Å². The molecule has 1 saturated carbocycles. The molecule has 1 aromatic carbocycles. The molecule has 3 atom stereocenters. The first-order valence-corrected chi connectivity index (χ1v) is 9.95. The van der Waals surface area contributed by atoms with Crippen LogP contribution in [0.15, 0.2) is 24.3 Å². The lowest BCUT2D eigenvalue weighted by Gasteiger charge is -2.07. The lowest BCUT2D eigenvalue weighted by molar-refractivity contribution is -0.123. The molecule has 7 heteroatoms. The van der Waals surface area contributed by atoms with Crippen LogP contribution in [0.25, 0.3) is 0 Å². The number of carbonyl (C=O) groups is 2. The Bertz CT molecular complexity index is 548. The third-order valence-corrected chi connectivity index (χ3v) is 4.21. The second-order valence-electron chi connectivity index (χ2n) is 6.59. The van der Waals surface area contributed by atoms with Gasteiger partial charge in [-0.05, 0) is 57.1 Å². The molecule has 1 heterocycles. The molecule has 3 rings (SSSR count). The van der Waals surface area contributed by atoms with E-state index < -0.39 is 0 Å². The van der Waals surface area contributed by atoms with Gasteiger partial charge in [0, 0.05) is 17.1 Å². The number of amides is 1. The van der Waals surface area contributed by atoms with Gasteiger partial charge in [0.15, 0.2) is 6.61 Å². The van der Waals surface area contributed by atoms with Crippen LogP contribution in [-0.2, 0) is 9.59 Å². The molecular weight excluding hydrogens is 366 g/mol. The molecule has 3 N–H and O–H groups in total. The number of hydrogen-bond donors (Lipinski definition) is 3. The quantitative estimate of drug-likeness (QED) is 0.643. The van der Waals surface area contributed by atoms with Gasteiger partial charge in [-0.3, -0.25) is 4.79 Å². The van der Waals surface area contributed by atoms with E-state index in [1.807, 2.05) is 7.05 Å². The number of rotatable bonds is 6. The van der Waals surface area contributed by atoms with Gasteiger partial charge in [0.2, 0.25) is 0 Å². The number of halogens is 1. The van der Waals surface area contributed by atoms with Crippen molar-refractivity contribution in [3.05, 3.63) is 29.3 Å². The SMILES string of the molecule is CCC.CNC1CC1NC(=O)COc1ccc(Cl)cc1.O=CC1CCCN1. The zero-order valence-electron chi connectivity index (χ0n) is 16.5. The van der Waals surface area contributed by atoms with Crippen molar-refractivity contribution in [3.63, 3.8) is 0 Å². The number of ether oxygens (including phenoxy) is 1. The minimum absolute atomic E-state index is 0.0363. The van der Waals surface area contributed by atoms with Crippen LogP contribution in [0.3, 0.4) is 0 Å². The summed E-state index contributed by atoms with van der Waals surface area (Å²) in [6.45, 7) is 5.30. The molecule has 0 bridgehead atoms. The lowest BCUT2D eigenvalue weighted by atomic mass is 10.2. The van der Waals surface area contributed by atoms with Crippen molar-refractivity contribution in [1.29, 1.82) is 0 Å². The zero-order valence-corrected chi connectivity index (χ0v) is 17.2. The van der Waals surface area contributed by atoms with Gasteiger partial charge in [-0.1, -0.05) is 31.9 Å². The fourth-order valence-corrected chi connectivity index (χ4v) is 2.56. The number of carbonyl (C=O) groups excluding carboxylic acids is 2. The van der Waals surface area contributed by atoms with E-state index in [1.165, 1.54) is 6.42 Å². The molecule has 2 aliphatic rings. The third kappa shape index (κ3) is 10.3. The maximum Gasteiger partial charge on any atom is 0.258 e. The van der Waals surface area contributed by atoms with Crippen LogP contribution in [0, 0.1) is 0 Å². The van der Waals surface area contributed by atoms with Gasteiger partial charge in [0.05, 0.1) is 6.04 Å². The summed E-state index contributed by atoms with van der Waals surface area (Å²) in [6, 6.07) is 7.77. The maximum atomic E-state index is 11.5. The van der Waals surface area contributed by atoms with Gasteiger partial charge in [0.1, 0.15) is 12.0 Å². The van der Waals surface area contributed by atoms with E-state index in [0.717, 1.165) is 32.1 Å². The van der Waals surface area contributed by atoms with E-state index in [-0.39, 0.29) is 24.6 Å². The Labute approximate surface area is 167 Å². The minimum Gasteiger partial charge on any atom is -0.484 e. The van der Waals surface area contributed by atoms with Gasteiger partial charge in [-0.2, -0.15) is 0 Å². The van der Waals surface area contributed by atoms with Crippen molar-refractivity contribution in [2.45, 2.75) is 57.7 Å². The monoisotopic (exact) mass is 397 g/mol. The summed E-state index contributed by atoms with van der Waals surface area (Å²) >= 11 is 5.74. The summed E-state index contributed by atoms with van der Waals surface area (Å²) in [5.41, 5.74) is 0. The second kappa shape index (κ2) is 13.5. The third-order valence-electron chi connectivity index (χ3n) is 3.95. The Balaban J connectivity index is 0.000000301. The summed E-state index contributed by atoms with van der Waals surface area (Å²) in [6.07, 6.45) is 5.41. The Morgan fingerprint density at radius 1 is 1.30 bits per heavy atom. The average Bonchev–Trinajstić information content (AvgIpc) is 3.19. The van der Waals surface area contributed by atoms with E-state index in [1.54, 1.807) is 24.3 Å². The second-order valence-corrected chi connectivity index (χ2v) is 7.03. The van der Waals surface area contributed by atoms with Crippen LogP contribution in [0.2, 0.25) is 5.02 Å². The molecule has 27 heavy (non-hydrogen) atoms. The Hall–Kier alpha value is -1.63. The van der Waals surface area contributed by atoms with Crippen molar-refractivity contribution in [3.8, 4) is 5.75 Å². The normalized spacial score (nSPS) is 22.4. The van der Waals surface area contributed by atoms with Gasteiger partial charge in [-0.25, -0.2) is 0 Å². The Morgan fingerprint density at radius 3 is 2.41 bits per heavy atom. The average molecular weight is 398 g/mol. The van der Waals surface area contributed by atoms with Gasteiger partial charge < -0.3 is 25.5 Å². The molecule has 1 amide bonds. The van der Waals surface area contributed by atoms with Crippen molar-refractivity contribution in [1.82, 2.24) is 16.0 Å². The van der Waals surface area contributed by atoms with E-state index in [9.17, 15) is 9.59 Å². The van der Waals surface area contributed by atoms with Gasteiger partial charge in [-0.15, -0.1) is 0 Å². The Kier molecular flexibility index (Phi) is 11.7. The van der Waals surface area contributed by atoms with Crippen molar-refractivity contribution < 1.29 is 14.3 Å². The molecular formula is C20H32ClN3O3. The van der Waals surface area contributed by atoms with Crippen molar-refractivity contribution in [2.24, 2.45) is 0 Å². The number of aldehydes is 1. The van der Waals surface area contributed by atoms with E-state index in [0.29, 0.717) is 16.8 Å². The first-order chi connectivity index (χ1) is 13.0. The lowest BCUT2D eigenvalue weighted by Crippen LogP contribution is -2.34. The highest BCUT2D eigenvalue weighted by molar-refractivity contribution is 6.30. The predicted molar refractivity (Wildman–Crippen MR) is 109 cm³/mol.